The van der Waals surface area contributed by atoms with E-state index in [4.69, 9.17) is 9.47 Å². The molecule has 22 heavy (non-hydrogen) atoms. The Bertz CT molecular complexity index is 466. The molecule has 0 aliphatic rings. The van der Waals surface area contributed by atoms with Crippen LogP contribution in [0.5, 0.6) is 11.5 Å². The Morgan fingerprint density at radius 3 is 2.41 bits per heavy atom. The highest BCUT2D eigenvalue weighted by Crippen LogP contribution is 2.32. The van der Waals surface area contributed by atoms with Crippen molar-refractivity contribution in [3.63, 3.8) is 0 Å². The Morgan fingerprint density at radius 2 is 1.77 bits per heavy atom. The van der Waals surface area contributed by atoms with Gasteiger partial charge in [-0.1, -0.05) is 45.1 Å². The molecule has 0 aliphatic carbocycles. The number of unbranched alkanes of at least 4 members (excludes halogenated alkanes) is 5. The van der Waals surface area contributed by atoms with Crippen LogP contribution in [0.2, 0.25) is 0 Å². The van der Waals surface area contributed by atoms with Crippen LogP contribution >= 0.6 is 0 Å². The maximum absolute atomic E-state index is 11.3. The van der Waals surface area contributed by atoms with Crippen molar-refractivity contribution in [3.05, 3.63) is 23.3 Å². The number of rotatable bonds is 11. The molecule has 3 heteroatoms. The van der Waals surface area contributed by atoms with Gasteiger partial charge in [0.15, 0.2) is 11.5 Å². The monoisotopic (exact) mass is 306 g/mol. The zero-order valence-corrected chi connectivity index (χ0v) is 14.5. The fraction of sp³-hybridized carbons (Fsp3) is 0.632. The standard InChI is InChI=1S/C19H30O3/c1-5-6-7-8-9-10-11-22-19-15(2)12-17(13-16(3)20)14-18(19)21-4/h12,14H,5-11,13H2,1-4H3. The molecule has 0 aromatic heterocycles. The third-order valence-corrected chi connectivity index (χ3v) is 3.72. The van der Waals surface area contributed by atoms with Gasteiger partial charge in [0.2, 0.25) is 0 Å². The molecule has 0 spiro atoms. The average Bonchev–Trinajstić information content (AvgIpc) is 2.47. The predicted octanol–water partition coefficient (Wildman–Crippen LogP) is 4.87. The van der Waals surface area contributed by atoms with E-state index >= 15 is 0 Å². The van der Waals surface area contributed by atoms with Crippen LogP contribution in [0.15, 0.2) is 12.1 Å². The number of methoxy groups -OCH3 is 1. The molecule has 0 aliphatic heterocycles. The van der Waals surface area contributed by atoms with Crippen molar-refractivity contribution in [2.45, 2.75) is 65.7 Å². The van der Waals surface area contributed by atoms with Crippen LogP contribution in [0.25, 0.3) is 0 Å². The van der Waals surface area contributed by atoms with Gasteiger partial charge in [0, 0.05) is 6.42 Å². The molecule has 0 N–H and O–H groups in total. The van der Waals surface area contributed by atoms with Crippen LogP contribution in [0.1, 0.15) is 63.5 Å². The number of carbonyl (C=O) groups is 1. The SMILES string of the molecule is CCCCCCCCOc1c(C)cc(CC(C)=O)cc1OC. The molecule has 0 saturated carbocycles. The van der Waals surface area contributed by atoms with Crippen LogP contribution in [0.4, 0.5) is 0 Å². The number of Topliss-reactive ketones (excluding diaryl/α,β-unsaturated/α-hetero) is 1. The lowest BCUT2D eigenvalue weighted by Gasteiger charge is -2.15. The van der Waals surface area contributed by atoms with E-state index in [1.807, 2.05) is 19.1 Å². The van der Waals surface area contributed by atoms with Gasteiger partial charge in [0.05, 0.1) is 13.7 Å². The van der Waals surface area contributed by atoms with Crippen molar-refractivity contribution in [2.75, 3.05) is 13.7 Å². The third kappa shape index (κ3) is 6.50. The summed E-state index contributed by atoms with van der Waals surface area (Å²) < 4.78 is 11.3. The first-order valence-electron chi connectivity index (χ1n) is 8.38. The second kappa shape index (κ2) is 10.3. The van der Waals surface area contributed by atoms with E-state index in [9.17, 15) is 4.79 Å². The molecule has 0 unspecified atom stereocenters. The second-order valence-electron chi connectivity index (χ2n) is 5.94. The maximum atomic E-state index is 11.3. The van der Waals surface area contributed by atoms with Crippen molar-refractivity contribution >= 4 is 5.78 Å². The molecule has 3 nitrogen and oxygen atoms in total. The molecule has 0 radical (unpaired) electrons. The van der Waals surface area contributed by atoms with Crippen molar-refractivity contribution < 1.29 is 14.3 Å². The Hall–Kier alpha value is -1.51. The van der Waals surface area contributed by atoms with Crippen LogP contribution in [0, 0.1) is 6.92 Å². The molecular formula is C19H30O3. The summed E-state index contributed by atoms with van der Waals surface area (Å²) in [5.41, 5.74) is 2.01. The van der Waals surface area contributed by atoms with Gasteiger partial charge < -0.3 is 9.47 Å². The van der Waals surface area contributed by atoms with Crippen LogP contribution in [-0.4, -0.2) is 19.5 Å². The molecule has 0 atom stereocenters. The summed E-state index contributed by atoms with van der Waals surface area (Å²) >= 11 is 0. The van der Waals surface area contributed by atoms with Crippen LogP contribution in [-0.2, 0) is 11.2 Å². The summed E-state index contributed by atoms with van der Waals surface area (Å²) in [6.07, 6.45) is 7.93. The Morgan fingerprint density at radius 1 is 1.09 bits per heavy atom. The molecule has 0 heterocycles. The summed E-state index contributed by atoms with van der Waals surface area (Å²) in [6, 6.07) is 3.92. The van der Waals surface area contributed by atoms with E-state index in [0.29, 0.717) is 6.42 Å². The topological polar surface area (TPSA) is 35.5 Å². The molecule has 0 amide bonds. The van der Waals surface area contributed by atoms with E-state index in [-0.39, 0.29) is 5.78 Å². The number of hydrogen-bond acceptors (Lipinski definition) is 3. The van der Waals surface area contributed by atoms with Crippen molar-refractivity contribution in [2.24, 2.45) is 0 Å². The number of aryl methyl sites for hydroxylation is 1. The summed E-state index contributed by atoms with van der Waals surface area (Å²) in [5.74, 6) is 1.69. The first-order chi connectivity index (χ1) is 10.6. The van der Waals surface area contributed by atoms with Gasteiger partial charge in [-0.3, -0.25) is 4.79 Å². The van der Waals surface area contributed by atoms with Gasteiger partial charge in [-0.05, 0) is 37.5 Å². The van der Waals surface area contributed by atoms with Gasteiger partial charge in [-0.2, -0.15) is 0 Å². The molecule has 0 saturated heterocycles. The Labute approximate surface area is 135 Å². The van der Waals surface area contributed by atoms with Gasteiger partial charge in [0.25, 0.3) is 0 Å². The minimum absolute atomic E-state index is 0.155. The highest BCUT2D eigenvalue weighted by atomic mass is 16.5. The quantitative estimate of drug-likeness (QED) is 0.547. The predicted molar refractivity (Wildman–Crippen MR) is 91.0 cm³/mol. The lowest BCUT2D eigenvalue weighted by atomic mass is 10.1. The number of ketones is 1. The lowest BCUT2D eigenvalue weighted by molar-refractivity contribution is -0.116. The maximum Gasteiger partial charge on any atom is 0.164 e. The molecule has 1 aromatic rings. The number of benzene rings is 1. The number of carbonyl (C=O) groups excluding carboxylic acids is 1. The first-order valence-corrected chi connectivity index (χ1v) is 8.38. The lowest BCUT2D eigenvalue weighted by Crippen LogP contribution is -2.03. The zero-order valence-electron chi connectivity index (χ0n) is 14.5. The van der Waals surface area contributed by atoms with E-state index in [1.165, 1.54) is 32.1 Å². The highest BCUT2D eigenvalue weighted by molar-refractivity contribution is 5.78. The summed E-state index contributed by atoms with van der Waals surface area (Å²) in [6.45, 7) is 6.55. The zero-order chi connectivity index (χ0) is 16.4. The Kier molecular flexibility index (Phi) is 8.64. The average molecular weight is 306 g/mol. The molecule has 1 aromatic carbocycles. The first kappa shape index (κ1) is 18.5. The smallest absolute Gasteiger partial charge is 0.164 e. The minimum Gasteiger partial charge on any atom is -0.493 e. The van der Waals surface area contributed by atoms with Crippen molar-refractivity contribution in [1.82, 2.24) is 0 Å². The van der Waals surface area contributed by atoms with Gasteiger partial charge in [0.1, 0.15) is 5.78 Å². The summed E-state index contributed by atoms with van der Waals surface area (Å²) in [5, 5.41) is 0. The van der Waals surface area contributed by atoms with Crippen LogP contribution in [0.3, 0.4) is 0 Å². The molecule has 1 rings (SSSR count). The summed E-state index contributed by atoms with van der Waals surface area (Å²) in [4.78, 5) is 11.3. The molecule has 0 fully saturated rings. The summed E-state index contributed by atoms with van der Waals surface area (Å²) in [7, 11) is 1.64. The van der Waals surface area contributed by atoms with Gasteiger partial charge >= 0.3 is 0 Å². The van der Waals surface area contributed by atoms with E-state index in [2.05, 4.69) is 6.92 Å². The van der Waals surface area contributed by atoms with Crippen molar-refractivity contribution in [3.8, 4) is 11.5 Å². The molecule has 124 valence electrons. The largest absolute Gasteiger partial charge is 0.493 e. The fourth-order valence-corrected chi connectivity index (χ4v) is 2.60. The third-order valence-electron chi connectivity index (χ3n) is 3.72. The molecular weight excluding hydrogens is 276 g/mol. The van der Waals surface area contributed by atoms with Gasteiger partial charge in [-0.15, -0.1) is 0 Å². The van der Waals surface area contributed by atoms with E-state index in [0.717, 1.165) is 35.7 Å². The Balaban J connectivity index is 2.53. The normalized spacial score (nSPS) is 10.5. The number of hydrogen-bond donors (Lipinski definition) is 0. The number of ether oxygens (including phenoxy) is 2. The highest BCUT2D eigenvalue weighted by Gasteiger charge is 2.11. The van der Waals surface area contributed by atoms with E-state index < -0.39 is 0 Å². The van der Waals surface area contributed by atoms with Crippen molar-refractivity contribution in [1.29, 1.82) is 0 Å². The molecule has 0 bridgehead atoms. The fourth-order valence-electron chi connectivity index (χ4n) is 2.60. The van der Waals surface area contributed by atoms with Gasteiger partial charge in [-0.25, -0.2) is 0 Å². The van der Waals surface area contributed by atoms with Crippen LogP contribution < -0.4 is 9.47 Å². The second-order valence-corrected chi connectivity index (χ2v) is 5.94. The van der Waals surface area contributed by atoms with E-state index in [1.54, 1.807) is 14.0 Å². The minimum atomic E-state index is 0.155.